The Morgan fingerprint density at radius 3 is 2.85 bits per heavy atom. The predicted molar refractivity (Wildman–Crippen MR) is 80.4 cm³/mol. The Kier molecular flexibility index (Phi) is 4.68. The van der Waals surface area contributed by atoms with Crippen LogP contribution in [-0.4, -0.2) is 10.9 Å². The quantitative estimate of drug-likeness (QED) is 0.576. The van der Waals surface area contributed by atoms with Crippen LogP contribution in [0.5, 0.6) is 0 Å². The number of hydrazine groups is 1. The first-order valence-electron chi connectivity index (χ1n) is 6.56. The third-order valence-corrected chi connectivity index (χ3v) is 2.95. The molecule has 5 heteroatoms. The van der Waals surface area contributed by atoms with Gasteiger partial charge in [0.2, 0.25) is 0 Å². The number of nitrogen functional groups attached to an aromatic ring is 1. The van der Waals surface area contributed by atoms with Crippen LogP contribution in [0.2, 0.25) is 0 Å². The molecule has 4 N–H and O–H groups in total. The van der Waals surface area contributed by atoms with Gasteiger partial charge in [0.1, 0.15) is 5.82 Å². The first-order chi connectivity index (χ1) is 9.74. The molecular formula is C15H18N4O. The second kappa shape index (κ2) is 6.68. The summed E-state index contributed by atoms with van der Waals surface area (Å²) in [5, 5.41) is 2.93. The summed E-state index contributed by atoms with van der Waals surface area (Å²) in [6.45, 7) is 2.11. The monoisotopic (exact) mass is 270 g/mol. The molecule has 1 amide bonds. The Bertz CT molecular complexity index is 598. The molecule has 0 fully saturated rings. The van der Waals surface area contributed by atoms with E-state index in [-0.39, 0.29) is 5.91 Å². The molecule has 1 heterocycles. The van der Waals surface area contributed by atoms with Gasteiger partial charge in [-0.1, -0.05) is 31.5 Å². The van der Waals surface area contributed by atoms with Crippen molar-refractivity contribution >= 4 is 17.4 Å². The van der Waals surface area contributed by atoms with Crippen molar-refractivity contribution in [3.05, 3.63) is 53.7 Å². The molecule has 104 valence electrons. The number of pyridine rings is 1. The first kappa shape index (κ1) is 14.0. The lowest BCUT2D eigenvalue weighted by Crippen LogP contribution is -2.15. The van der Waals surface area contributed by atoms with Crippen molar-refractivity contribution in [2.45, 2.75) is 19.8 Å². The molecule has 0 bridgehead atoms. The van der Waals surface area contributed by atoms with Gasteiger partial charge in [0.05, 0.1) is 0 Å². The summed E-state index contributed by atoms with van der Waals surface area (Å²) < 4.78 is 0. The number of rotatable bonds is 5. The fourth-order valence-corrected chi connectivity index (χ4v) is 1.97. The molecular weight excluding hydrogens is 252 g/mol. The molecule has 1 aromatic carbocycles. The molecule has 0 radical (unpaired) electrons. The van der Waals surface area contributed by atoms with Crippen LogP contribution < -0.4 is 16.6 Å². The summed E-state index contributed by atoms with van der Waals surface area (Å²) in [7, 11) is 0. The van der Waals surface area contributed by atoms with E-state index < -0.39 is 0 Å². The van der Waals surface area contributed by atoms with E-state index in [0.29, 0.717) is 11.4 Å². The van der Waals surface area contributed by atoms with Crippen LogP contribution in [0, 0.1) is 0 Å². The zero-order chi connectivity index (χ0) is 14.4. The molecule has 20 heavy (non-hydrogen) atoms. The summed E-state index contributed by atoms with van der Waals surface area (Å²) in [6.07, 6.45) is 3.51. The maximum Gasteiger partial charge on any atom is 0.255 e. The number of aromatic nitrogens is 1. The normalized spacial score (nSPS) is 10.1. The largest absolute Gasteiger partial charge is 0.322 e. The van der Waals surface area contributed by atoms with E-state index in [0.717, 1.165) is 24.1 Å². The second-order valence-electron chi connectivity index (χ2n) is 4.44. The van der Waals surface area contributed by atoms with Gasteiger partial charge in [-0.05, 0) is 30.2 Å². The van der Waals surface area contributed by atoms with Crippen LogP contribution in [0.3, 0.4) is 0 Å². The van der Waals surface area contributed by atoms with Gasteiger partial charge in [-0.2, -0.15) is 0 Å². The molecule has 0 saturated carbocycles. The number of nitrogens with one attached hydrogen (secondary N) is 2. The summed E-state index contributed by atoms with van der Waals surface area (Å²) >= 11 is 0. The Balaban J connectivity index is 2.19. The topological polar surface area (TPSA) is 80.0 Å². The molecule has 5 nitrogen and oxygen atoms in total. The van der Waals surface area contributed by atoms with Gasteiger partial charge in [0, 0.05) is 17.4 Å². The number of carbonyl (C=O) groups is 1. The average molecular weight is 270 g/mol. The molecule has 0 saturated heterocycles. The van der Waals surface area contributed by atoms with Crippen LogP contribution in [0.25, 0.3) is 0 Å². The number of hydrogen-bond acceptors (Lipinski definition) is 4. The fraction of sp³-hybridized carbons (Fsp3) is 0.200. The van der Waals surface area contributed by atoms with Crippen molar-refractivity contribution in [1.82, 2.24) is 4.98 Å². The van der Waals surface area contributed by atoms with Gasteiger partial charge in [0.15, 0.2) is 0 Å². The predicted octanol–water partition coefficient (Wildman–Crippen LogP) is 2.57. The van der Waals surface area contributed by atoms with E-state index >= 15 is 0 Å². The van der Waals surface area contributed by atoms with Crippen molar-refractivity contribution in [3.8, 4) is 0 Å². The van der Waals surface area contributed by atoms with E-state index in [1.54, 1.807) is 18.3 Å². The third-order valence-electron chi connectivity index (χ3n) is 2.95. The van der Waals surface area contributed by atoms with Crippen molar-refractivity contribution in [2.24, 2.45) is 5.84 Å². The fourth-order valence-electron chi connectivity index (χ4n) is 1.97. The van der Waals surface area contributed by atoms with E-state index in [2.05, 4.69) is 22.7 Å². The highest BCUT2D eigenvalue weighted by atomic mass is 16.1. The van der Waals surface area contributed by atoms with E-state index in [9.17, 15) is 4.79 Å². The highest BCUT2D eigenvalue weighted by molar-refractivity contribution is 6.05. The Labute approximate surface area is 118 Å². The summed E-state index contributed by atoms with van der Waals surface area (Å²) in [5.74, 6) is 5.58. The zero-order valence-electron chi connectivity index (χ0n) is 11.4. The number of nitrogens with two attached hydrogens (primary N) is 1. The lowest BCUT2D eigenvalue weighted by molar-refractivity contribution is 0.102. The Morgan fingerprint density at radius 2 is 2.10 bits per heavy atom. The lowest BCUT2D eigenvalue weighted by Gasteiger charge is -2.10. The Hall–Kier alpha value is -2.40. The lowest BCUT2D eigenvalue weighted by atomic mass is 10.1. The first-order valence-corrected chi connectivity index (χ1v) is 6.56. The minimum absolute atomic E-state index is 0.174. The highest BCUT2D eigenvalue weighted by Crippen LogP contribution is 2.18. The summed E-state index contributed by atoms with van der Waals surface area (Å²) in [6, 6.07) is 11.1. The van der Waals surface area contributed by atoms with Gasteiger partial charge < -0.3 is 10.7 Å². The van der Waals surface area contributed by atoms with Gasteiger partial charge in [0.25, 0.3) is 5.91 Å². The minimum atomic E-state index is -0.174. The smallest absolute Gasteiger partial charge is 0.255 e. The van der Waals surface area contributed by atoms with Gasteiger partial charge in [-0.3, -0.25) is 4.79 Å². The maximum absolute atomic E-state index is 12.2. The van der Waals surface area contributed by atoms with E-state index in [4.69, 9.17) is 5.84 Å². The van der Waals surface area contributed by atoms with E-state index in [1.807, 2.05) is 24.3 Å². The average Bonchev–Trinajstić information content (AvgIpc) is 2.49. The van der Waals surface area contributed by atoms with Gasteiger partial charge in [-0.25, -0.2) is 10.8 Å². The molecule has 1 aromatic heterocycles. The minimum Gasteiger partial charge on any atom is -0.322 e. The maximum atomic E-state index is 12.2. The molecule has 0 aliphatic carbocycles. The van der Waals surface area contributed by atoms with Crippen molar-refractivity contribution in [1.29, 1.82) is 0 Å². The third kappa shape index (κ3) is 3.33. The van der Waals surface area contributed by atoms with Crippen molar-refractivity contribution < 1.29 is 4.79 Å². The van der Waals surface area contributed by atoms with Gasteiger partial charge in [-0.15, -0.1) is 0 Å². The van der Waals surface area contributed by atoms with Gasteiger partial charge >= 0.3 is 0 Å². The van der Waals surface area contributed by atoms with E-state index in [1.165, 1.54) is 0 Å². The number of benzene rings is 1. The Morgan fingerprint density at radius 1 is 1.30 bits per heavy atom. The van der Waals surface area contributed by atoms with Crippen LogP contribution in [-0.2, 0) is 6.42 Å². The van der Waals surface area contributed by atoms with Crippen molar-refractivity contribution in [3.63, 3.8) is 0 Å². The van der Waals surface area contributed by atoms with Crippen LogP contribution in [0.15, 0.2) is 42.6 Å². The van der Waals surface area contributed by atoms with Crippen LogP contribution >= 0.6 is 0 Å². The molecule has 0 aliphatic heterocycles. The second-order valence-corrected chi connectivity index (χ2v) is 4.44. The number of nitrogens with zero attached hydrogens (tertiary/aromatic N) is 1. The SMILES string of the molecule is CCCc1ccccc1NC(=O)c1ccnc(NN)c1. The molecule has 2 aromatic rings. The number of carbonyl (C=O) groups excluding carboxylic acids is 1. The molecule has 0 atom stereocenters. The summed E-state index contributed by atoms with van der Waals surface area (Å²) in [4.78, 5) is 16.2. The summed E-state index contributed by atoms with van der Waals surface area (Å²) in [5.41, 5.74) is 4.92. The number of anilines is 2. The molecule has 0 aliphatic rings. The standard InChI is InChI=1S/C15H18N4O/c1-2-5-11-6-3-4-7-13(11)18-15(20)12-8-9-17-14(10-12)19-16/h3-4,6-10H,2,5,16H2,1H3,(H,17,19)(H,18,20). The highest BCUT2D eigenvalue weighted by Gasteiger charge is 2.09. The van der Waals surface area contributed by atoms with Crippen molar-refractivity contribution in [2.75, 3.05) is 10.7 Å². The number of aryl methyl sites for hydroxylation is 1. The molecule has 0 unspecified atom stereocenters. The number of hydrogen-bond donors (Lipinski definition) is 3. The zero-order valence-corrected chi connectivity index (χ0v) is 11.4. The number of para-hydroxylation sites is 1. The van der Waals surface area contributed by atoms with Crippen LogP contribution in [0.1, 0.15) is 29.3 Å². The molecule has 0 spiro atoms. The molecule has 2 rings (SSSR count). The number of amides is 1. The van der Waals surface area contributed by atoms with Crippen LogP contribution in [0.4, 0.5) is 11.5 Å².